The van der Waals surface area contributed by atoms with Crippen LogP contribution in [0.4, 0.5) is 0 Å². The number of rotatable bonds is 2. The van der Waals surface area contributed by atoms with Crippen LogP contribution < -0.4 is 0 Å². The predicted molar refractivity (Wildman–Crippen MR) is 66.7 cm³/mol. The lowest BCUT2D eigenvalue weighted by atomic mass is 9.90. The van der Waals surface area contributed by atoms with Crippen molar-refractivity contribution in [3.8, 4) is 0 Å². The molecule has 0 aliphatic heterocycles. The van der Waals surface area contributed by atoms with Gasteiger partial charge in [-0.05, 0) is 56.2 Å². The number of ketones is 1. The third-order valence-electron chi connectivity index (χ3n) is 3.68. The predicted octanol–water partition coefficient (Wildman–Crippen LogP) is 3.52. The summed E-state index contributed by atoms with van der Waals surface area (Å²) in [5.74, 6) is 1.04. The summed E-state index contributed by atoms with van der Waals surface area (Å²) >= 11 is 0. The van der Waals surface area contributed by atoms with Crippen LogP contribution in [-0.2, 0) is 11.2 Å². The summed E-state index contributed by atoms with van der Waals surface area (Å²) in [6, 6.07) is 4.50. The highest BCUT2D eigenvalue weighted by Crippen LogP contribution is 2.28. The maximum absolute atomic E-state index is 11.3. The molecule has 0 amide bonds. The molecule has 0 saturated heterocycles. The lowest BCUT2D eigenvalue weighted by Crippen LogP contribution is -2.04. The molecule has 1 atom stereocenters. The molecule has 1 fully saturated rings. The lowest BCUT2D eigenvalue weighted by molar-refractivity contribution is -0.117. The number of aryl methyl sites for hydroxylation is 3. The Morgan fingerprint density at radius 2 is 1.81 bits per heavy atom. The van der Waals surface area contributed by atoms with Crippen LogP contribution in [0, 0.1) is 26.7 Å². The van der Waals surface area contributed by atoms with Gasteiger partial charge < -0.3 is 0 Å². The number of hydrogen-bond acceptors (Lipinski definition) is 1. The third kappa shape index (κ3) is 2.34. The Labute approximate surface area is 97.9 Å². The van der Waals surface area contributed by atoms with Gasteiger partial charge in [0.25, 0.3) is 0 Å². The molecule has 0 spiro atoms. The average molecular weight is 216 g/mol. The monoisotopic (exact) mass is 216 g/mol. The molecule has 1 saturated carbocycles. The molecule has 1 aliphatic rings. The molecule has 1 aromatic carbocycles. The Morgan fingerprint density at radius 3 is 2.31 bits per heavy atom. The first kappa shape index (κ1) is 11.4. The fraction of sp³-hybridized carbons (Fsp3) is 0.533. The van der Waals surface area contributed by atoms with Crippen LogP contribution >= 0.6 is 0 Å². The second kappa shape index (κ2) is 4.40. The van der Waals surface area contributed by atoms with Crippen LogP contribution in [0.25, 0.3) is 0 Å². The Hall–Kier alpha value is -1.11. The normalized spacial score (nSPS) is 20.4. The summed E-state index contributed by atoms with van der Waals surface area (Å²) in [4.78, 5) is 11.3. The van der Waals surface area contributed by atoms with E-state index in [-0.39, 0.29) is 0 Å². The maximum atomic E-state index is 11.3. The van der Waals surface area contributed by atoms with E-state index < -0.39 is 0 Å². The second-order valence-corrected chi connectivity index (χ2v) is 5.23. The Balaban J connectivity index is 2.18. The SMILES string of the molecule is Cc1cc(C)c(CC2CCC(=O)C2)c(C)c1. The van der Waals surface area contributed by atoms with Crippen LogP contribution in [0.3, 0.4) is 0 Å². The molecule has 1 unspecified atom stereocenters. The minimum Gasteiger partial charge on any atom is -0.300 e. The Bertz CT molecular complexity index is 394. The van der Waals surface area contributed by atoms with Gasteiger partial charge >= 0.3 is 0 Å². The smallest absolute Gasteiger partial charge is 0.133 e. The molecule has 0 radical (unpaired) electrons. The summed E-state index contributed by atoms with van der Waals surface area (Å²) in [6.07, 6.45) is 3.77. The molecule has 0 aromatic heterocycles. The largest absolute Gasteiger partial charge is 0.300 e. The molecule has 1 nitrogen and oxygen atoms in total. The average Bonchev–Trinajstić information content (AvgIpc) is 2.58. The van der Waals surface area contributed by atoms with E-state index in [4.69, 9.17) is 0 Å². The van der Waals surface area contributed by atoms with Crippen molar-refractivity contribution in [2.24, 2.45) is 5.92 Å². The van der Waals surface area contributed by atoms with Crippen LogP contribution in [0.2, 0.25) is 0 Å². The van der Waals surface area contributed by atoms with Gasteiger partial charge in [-0.3, -0.25) is 4.79 Å². The van der Waals surface area contributed by atoms with E-state index in [2.05, 4.69) is 32.9 Å². The van der Waals surface area contributed by atoms with Gasteiger partial charge in [0.15, 0.2) is 0 Å². The zero-order chi connectivity index (χ0) is 11.7. The van der Waals surface area contributed by atoms with Crippen molar-refractivity contribution in [3.05, 3.63) is 34.4 Å². The molecule has 86 valence electrons. The molecule has 0 bridgehead atoms. The number of hydrogen-bond donors (Lipinski definition) is 0. The summed E-state index contributed by atoms with van der Waals surface area (Å²) in [7, 11) is 0. The van der Waals surface area contributed by atoms with Crippen LogP contribution in [-0.4, -0.2) is 5.78 Å². The molecule has 1 aromatic rings. The first-order valence-electron chi connectivity index (χ1n) is 6.14. The molecule has 1 heteroatoms. The van der Waals surface area contributed by atoms with Crippen LogP contribution in [0.15, 0.2) is 12.1 Å². The number of benzene rings is 1. The van der Waals surface area contributed by atoms with Gasteiger partial charge in [-0.25, -0.2) is 0 Å². The molecule has 0 N–H and O–H groups in total. The quantitative estimate of drug-likeness (QED) is 0.739. The van der Waals surface area contributed by atoms with Crippen molar-refractivity contribution in [1.82, 2.24) is 0 Å². The molecule has 16 heavy (non-hydrogen) atoms. The fourth-order valence-electron chi connectivity index (χ4n) is 2.89. The fourth-order valence-corrected chi connectivity index (χ4v) is 2.89. The number of carbonyl (C=O) groups is 1. The third-order valence-corrected chi connectivity index (χ3v) is 3.68. The first-order valence-corrected chi connectivity index (χ1v) is 6.14. The van der Waals surface area contributed by atoms with Gasteiger partial charge in [0.2, 0.25) is 0 Å². The van der Waals surface area contributed by atoms with Gasteiger partial charge in [0.1, 0.15) is 5.78 Å². The van der Waals surface area contributed by atoms with E-state index in [1.54, 1.807) is 0 Å². The lowest BCUT2D eigenvalue weighted by Gasteiger charge is -2.14. The van der Waals surface area contributed by atoms with E-state index in [1.165, 1.54) is 22.3 Å². The minimum atomic E-state index is 0.451. The van der Waals surface area contributed by atoms with E-state index in [1.807, 2.05) is 0 Å². The first-order chi connectivity index (χ1) is 7.56. The van der Waals surface area contributed by atoms with Gasteiger partial charge in [-0.1, -0.05) is 17.7 Å². The molecular weight excluding hydrogens is 196 g/mol. The van der Waals surface area contributed by atoms with Crippen LogP contribution in [0.1, 0.15) is 41.5 Å². The summed E-state index contributed by atoms with van der Waals surface area (Å²) < 4.78 is 0. The molecule has 1 aliphatic carbocycles. The van der Waals surface area contributed by atoms with E-state index in [0.717, 1.165) is 25.7 Å². The number of carbonyl (C=O) groups excluding carboxylic acids is 1. The zero-order valence-electron chi connectivity index (χ0n) is 10.5. The topological polar surface area (TPSA) is 17.1 Å². The van der Waals surface area contributed by atoms with E-state index >= 15 is 0 Å². The molecule has 2 rings (SSSR count). The molecule has 0 heterocycles. The van der Waals surface area contributed by atoms with E-state index in [9.17, 15) is 4.79 Å². The van der Waals surface area contributed by atoms with Crippen molar-refractivity contribution in [1.29, 1.82) is 0 Å². The highest BCUT2D eigenvalue weighted by Gasteiger charge is 2.23. The standard InChI is InChI=1S/C15H20O/c1-10-6-11(2)15(12(3)7-10)9-13-4-5-14(16)8-13/h6-7,13H,4-5,8-9H2,1-3H3. The summed E-state index contributed by atoms with van der Waals surface area (Å²) in [5, 5.41) is 0. The van der Waals surface area contributed by atoms with Gasteiger partial charge in [-0.2, -0.15) is 0 Å². The van der Waals surface area contributed by atoms with Crippen molar-refractivity contribution in [2.45, 2.75) is 46.5 Å². The summed E-state index contributed by atoms with van der Waals surface area (Å²) in [5.41, 5.74) is 5.57. The highest BCUT2D eigenvalue weighted by molar-refractivity contribution is 5.80. The van der Waals surface area contributed by atoms with Gasteiger partial charge in [-0.15, -0.1) is 0 Å². The van der Waals surface area contributed by atoms with Crippen LogP contribution in [0.5, 0.6) is 0 Å². The van der Waals surface area contributed by atoms with Gasteiger partial charge in [0.05, 0.1) is 0 Å². The number of Topliss-reactive ketones (excluding diaryl/α,β-unsaturated/α-hetero) is 1. The Kier molecular flexibility index (Phi) is 3.13. The highest BCUT2D eigenvalue weighted by atomic mass is 16.1. The summed E-state index contributed by atoms with van der Waals surface area (Å²) in [6.45, 7) is 6.51. The van der Waals surface area contributed by atoms with Gasteiger partial charge in [0, 0.05) is 12.8 Å². The van der Waals surface area contributed by atoms with E-state index in [0.29, 0.717) is 11.7 Å². The second-order valence-electron chi connectivity index (χ2n) is 5.23. The zero-order valence-corrected chi connectivity index (χ0v) is 10.5. The van der Waals surface area contributed by atoms with Crippen molar-refractivity contribution in [2.75, 3.05) is 0 Å². The van der Waals surface area contributed by atoms with Crippen molar-refractivity contribution < 1.29 is 4.79 Å². The van der Waals surface area contributed by atoms with Crippen molar-refractivity contribution >= 4 is 5.78 Å². The van der Waals surface area contributed by atoms with Crippen molar-refractivity contribution in [3.63, 3.8) is 0 Å². The minimum absolute atomic E-state index is 0.451. The molecular formula is C15H20O. The maximum Gasteiger partial charge on any atom is 0.133 e. The Morgan fingerprint density at radius 1 is 1.19 bits per heavy atom.